The Bertz CT molecular complexity index is 381. The third-order valence-electron chi connectivity index (χ3n) is 1.37. The number of halogens is 5. The third kappa shape index (κ3) is 5.62. The molecule has 0 bridgehead atoms. The Balaban J connectivity index is 2.61. The molecule has 0 aromatic heterocycles. The molecule has 0 saturated carbocycles. The van der Waals surface area contributed by atoms with Crippen LogP contribution in [0.5, 0.6) is 0 Å². The lowest BCUT2D eigenvalue weighted by Crippen LogP contribution is -1.87. The monoisotopic (exact) mass is 326 g/mol. The topological polar surface area (TPSA) is 15.6 Å². The van der Waals surface area contributed by atoms with Crippen molar-refractivity contribution in [3.8, 4) is 0 Å². The molecule has 0 N–H and O–H groups in total. The van der Waals surface area contributed by atoms with Gasteiger partial charge < -0.3 is 0 Å². The van der Waals surface area contributed by atoms with E-state index in [0.717, 1.165) is 0 Å². The molecule has 11 heteroatoms. The minimum absolute atomic E-state index is 0.490. The van der Waals surface area contributed by atoms with E-state index < -0.39 is 29.1 Å². The summed E-state index contributed by atoms with van der Waals surface area (Å²) in [5, 5.41) is 0. The van der Waals surface area contributed by atoms with Crippen molar-refractivity contribution in [3.63, 3.8) is 0 Å². The molecule has 0 fully saturated rings. The molecular formula is C6H6F5N2P3S. The molecule has 96 valence electrons. The van der Waals surface area contributed by atoms with Gasteiger partial charge in [-0.25, -0.2) is 4.20 Å². The zero-order valence-corrected chi connectivity index (χ0v) is 11.6. The average molecular weight is 326 g/mol. The van der Waals surface area contributed by atoms with Crippen LogP contribution in [-0.4, -0.2) is 4.66 Å². The van der Waals surface area contributed by atoms with Gasteiger partial charge in [-0.3, -0.25) is 0 Å². The number of rotatable bonds is 5. The van der Waals surface area contributed by atoms with Crippen molar-refractivity contribution in [1.82, 2.24) is 4.66 Å². The van der Waals surface area contributed by atoms with Gasteiger partial charge in [-0.2, -0.15) is 17.1 Å². The summed E-state index contributed by atoms with van der Waals surface area (Å²) in [5.41, 5.74) is 0. The minimum atomic E-state index is -4.22. The highest BCUT2D eigenvalue weighted by atomic mass is 32.7. The van der Waals surface area contributed by atoms with Crippen molar-refractivity contribution < 1.29 is 21.3 Å². The van der Waals surface area contributed by atoms with E-state index in [1.807, 2.05) is 0 Å². The highest BCUT2D eigenvalue weighted by Gasteiger charge is 2.29. The van der Waals surface area contributed by atoms with Crippen LogP contribution in [0.1, 0.15) is 0 Å². The second-order valence-corrected chi connectivity index (χ2v) is 8.00. The summed E-state index contributed by atoms with van der Waals surface area (Å²) in [6.45, 7) is 0. The molecule has 0 saturated heterocycles. The summed E-state index contributed by atoms with van der Waals surface area (Å²) in [5.74, 6) is 0. The summed E-state index contributed by atoms with van der Waals surface area (Å²) in [6.07, 6.45) is 0. The fraction of sp³-hybridized carbons (Fsp3) is 0. The molecular weight excluding hydrogens is 320 g/mol. The molecule has 0 amide bonds. The summed E-state index contributed by atoms with van der Waals surface area (Å²) in [6, 6.07) is 8.11. The van der Waals surface area contributed by atoms with Gasteiger partial charge in [0.1, 0.15) is 0 Å². The van der Waals surface area contributed by atoms with Crippen molar-refractivity contribution in [1.29, 1.82) is 0 Å². The minimum Gasteiger partial charge on any atom is -0.200 e. The van der Waals surface area contributed by atoms with Gasteiger partial charge in [-0.15, -0.1) is 4.48 Å². The Morgan fingerprint density at radius 1 is 1.18 bits per heavy atom. The van der Waals surface area contributed by atoms with E-state index in [1.165, 1.54) is 0 Å². The first-order valence-corrected chi connectivity index (χ1v) is 9.09. The number of hydrogen-bond acceptors (Lipinski definition) is 3. The van der Waals surface area contributed by atoms with Crippen LogP contribution in [0, 0.1) is 0 Å². The maximum atomic E-state index is 13.2. The van der Waals surface area contributed by atoms with Crippen LogP contribution in [0.15, 0.2) is 39.7 Å². The lowest BCUT2D eigenvalue weighted by molar-refractivity contribution is 0.248. The van der Waals surface area contributed by atoms with Crippen molar-refractivity contribution in [3.05, 3.63) is 30.3 Å². The zero-order valence-electron chi connectivity index (χ0n) is 7.97. The molecule has 2 atom stereocenters. The van der Waals surface area contributed by atoms with Crippen molar-refractivity contribution in [2.45, 2.75) is 4.90 Å². The molecule has 0 spiro atoms. The molecule has 1 rings (SSSR count). The van der Waals surface area contributed by atoms with Crippen molar-refractivity contribution >= 4 is 35.8 Å². The van der Waals surface area contributed by atoms with E-state index >= 15 is 0 Å². The van der Waals surface area contributed by atoms with E-state index in [2.05, 4.69) is 4.52 Å². The van der Waals surface area contributed by atoms with Crippen LogP contribution >= 0.6 is 35.8 Å². The van der Waals surface area contributed by atoms with E-state index in [4.69, 9.17) is 0 Å². The largest absolute Gasteiger partial charge is 0.381 e. The quantitative estimate of drug-likeness (QED) is 0.347. The van der Waals surface area contributed by atoms with Crippen LogP contribution in [-0.2, 0) is 0 Å². The number of nitrogens with zero attached hydrogens (tertiary/aromatic N) is 2. The molecule has 0 radical (unpaired) electrons. The second-order valence-electron chi connectivity index (χ2n) is 2.46. The highest BCUT2D eigenvalue weighted by Crippen LogP contribution is 2.65. The van der Waals surface area contributed by atoms with E-state index in [9.17, 15) is 21.3 Å². The molecule has 1 aromatic rings. The van der Waals surface area contributed by atoms with Gasteiger partial charge in [0, 0.05) is 9.56 Å². The van der Waals surface area contributed by atoms with Gasteiger partial charge in [0.25, 0.3) is 0 Å². The second kappa shape index (κ2) is 7.65. The van der Waals surface area contributed by atoms with Gasteiger partial charge in [-0.05, 0) is 12.1 Å². The zero-order chi connectivity index (χ0) is 12.8. The fourth-order valence-electron chi connectivity index (χ4n) is 0.764. The molecule has 2 unspecified atom stereocenters. The van der Waals surface area contributed by atoms with Gasteiger partial charge >= 0.3 is 17.2 Å². The third-order valence-corrected chi connectivity index (χ3v) is 6.65. The van der Waals surface area contributed by atoms with Crippen LogP contribution in [0.25, 0.3) is 0 Å². The van der Waals surface area contributed by atoms with Crippen LogP contribution in [0.3, 0.4) is 0 Å². The number of benzene rings is 1. The van der Waals surface area contributed by atoms with Crippen LogP contribution in [0.2, 0.25) is 0 Å². The molecule has 0 heterocycles. The first-order chi connectivity index (χ1) is 8.00. The Kier molecular flexibility index (Phi) is 6.90. The lowest BCUT2D eigenvalue weighted by atomic mass is 10.4. The summed E-state index contributed by atoms with van der Waals surface area (Å²) >= 11 is 0.615. The van der Waals surface area contributed by atoms with Gasteiger partial charge in [0.15, 0.2) is 7.23 Å². The summed E-state index contributed by atoms with van der Waals surface area (Å²) < 4.78 is 63.3. The Hall–Kier alpha value is 0.270. The summed E-state index contributed by atoms with van der Waals surface area (Å²) in [4.78, 5) is 0.490. The van der Waals surface area contributed by atoms with Gasteiger partial charge in [0.05, 0.1) is 0 Å². The van der Waals surface area contributed by atoms with Gasteiger partial charge in [0.2, 0.25) is 0 Å². The van der Waals surface area contributed by atoms with E-state index in [-0.39, 0.29) is 0 Å². The molecule has 2 nitrogen and oxygen atoms in total. The number of hydrogen-bond donors (Lipinski definition) is 0. The normalized spacial score (nSPS) is 15.5. The smallest absolute Gasteiger partial charge is 0.200 e. The molecule has 17 heavy (non-hydrogen) atoms. The van der Waals surface area contributed by atoms with Crippen molar-refractivity contribution in [2.75, 3.05) is 0 Å². The van der Waals surface area contributed by atoms with Gasteiger partial charge in [-0.1, -0.05) is 29.6 Å². The SMILES string of the molecule is FN(P(F)F)P(F)/N=[PH](\F)Sc1ccccc1. The molecule has 0 aliphatic heterocycles. The van der Waals surface area contributed by atoms with Crippen molar-refractivity contribution in [2.24, 2.45) is 4.52 Å². The maximum absolute atomic E-state index is 13.2. The van der Waals surface area contributed by atoms with Crippen LogP contribution < -0.4 is 0 Å². The fourth-order valence-corrected chi connectivity index (χ4v) is 5.00. The molecule has 0 aliphatic carbocycles. The highest BCUT2D eigenvalue weighted by molar-refractivity contribution is 8.51. The lowest BCUT2D eigenvalue weighted by Gasteiger charge is -2.08. The first-order valence-electron chi connectivity index (χ1n) is 4.01. The Labute approximate surface area is 102 Å². The standard InChI is InChI=1S/C6H6F5N2P3S/c7-13(14(8)9)15(10)12-16(11)17-6-4-2-1-3-5-6/h1-5,16H. The maximum Gasteiger partial charge on any atom is 0.381 e. The summed E-state index contributed by atoms with van der Waals surface area (Å²) in [7, 11) is -10.9. The molecule has 1 aromatic carbocycles. The Morgan fingerprint density at radius 2 is 1.76 bits per heavy atom. The average Bonchev–Trinajstić information content (AvgIpc) is 2.28. The predicted molar refractivity (Wildman–Crippen MR) is 64.3 cm³/mol. The Morgan fingerprint density at radius 3 is 2.29 bits per heavy atom. The van der Waals surface area contributed by atoms with Crippen LogP contribution in [0.4, 0.5) is 21.3 Å². The predicted octanol–water partition coefficient (Wildman–Crippen LogP) is 6.52. The molecule has 0 aliphatic rings. The van der Waals surface area contributed by atoms with E-state index in [1.54, 1.807) is 30.3 Å². The van der Waals surface area contributed by atoms with E-state index in [0.29, 0.717) is 16.3 Å². The first kappa shape index (κ1) is 15.3.